The summed E-state index contributed by atoms with van der Waals surface area (Å²) in [5, 5.41) is 5.74. The van der Waals surface area contributed by atoms with Gasteiger partial charge in [-0.3, -0.25) is 9.78 Å². The molecule has 0 aliphatic heterocycles. The maximum atomic E-state index is 12.2. The van der Waals surface area contributed by atoms with E-state index in [0.717, 1.165) is 69.0 Å². The number of rotatable bonds is 7. The number of pyridine rings is 1. The zero-order valence-electron chi connectivity index (χ0n) is 21.6. The molecule has 0 radical (unpaired) electrons. The molecule has 1 unspecified atom stereocenters. The van der Waals surface area contributed by atoms with Gasteiger partial charge in [0, 0.05) is 42.1 Å². The first-order valence-electron chi connectivity index (χ1n) is 13.0. The van der Waals surface area contributed by atoms with Crippen LogP contribution in [0.5, 0.6) is 5.75 Å². The van der Waals surface area contributed by atoms with Gasteiger partial charge in [-0.2, -0.15) is 5.10 Å². The maximum absolute atomic E-state index is 12.2. The third kappa shape index (κ3) is 4.79. The van der Waals surface area contributed by atoms with Crippen molar-refractivity contribution < 1.29 is 9.53 Å². The molecule has 0 spiro atoms. The summed E-state index contributed by atoms with van der Waals surface area (Å²) >= 11 is 0. The zero-order valence-corrected chi connectivity index (χ0v) is 21.6. The van der Waals surface area contributed by atoms with E-state index in [9.17, 15) is 4.79 Å². The van der Waals surface area contributed by atoms with Gasteiger partial charge in [0.25, 0.3) is 0 Å². The minimum Gasteiger partial charge on any atom is -0.497 e. The van der Waals surface area contributed by atoms with Crippen molar-refractivity contribution in [1.29, 1.82) is 0 Å². The van der Waals surface area contributed by atoms with Crippen molar-refractivity contribution in [1.82, 2.24) is 24.7 Å². The van der Waals surface area contributed by atoms with Crippen LogP contribution in [-0.4, -0.2) is 37.6 Å². The minimum absolute atomic E-state index is 0.0408. The van der Waals surface area contributed by atoms with E-state index in [1.54, 1.807) is 19.5 Å². The van der Waals surface area contributed by atoms with Gasteiger partial charge >= 0.3 is 0 Å². The molecule has 0 N–H and O–H groups in total. The van der Waals surface area contributed by atoms with E-state index in [1.165, 1.54) is 0 Å². The number of aromatic nitrogens is 5. The highest BCUT2D eigenvalue weighted by Gasteiger charge is 2.25. The van der Waals surface area contributed by atoms with E-state index < -0.39 is 0 Å². The van der Waals surface area contributed by atoms with Gasteiger partial charge in [0.15, 0.2) is 5.65 Å². The molecular weight excluding hydrogens is 474 g/mol. The van der Waals surface area contributed by atoms with Crippen LogP contribution in [0.25, 0.3) is 22.3 Å². The van der Waals surface area contributed by atoms with E-state index in [0.29, 0.717) is 25.2 Å². The van der Waals surface area contributed by atoms with Crippen LogP contribution < -0.4 is 4.74 Å². The molecule has 6 rings (SSSR count). The van der Waals surface area contributed by atoms with Crippen molar-refractivity contribution in [3.05, 3.63) is 101 Å². The SMILES string of the molecule is COc1ccc(Cn2nc(C)c3cc(-c4cncc(Cc5cccc(C6CCCC6=O)c5)n4)cnc32)cc1. The quantitative estimate of drug-likeness (QED) is 0.284. The van der Waals surface area contributed by atoms with Gasteiger partial charge in [-0.1, -0.05) is 36.4 Å². The number of carbonyl (C=O) groups is 1. The van der Waals surface area contributed by atoms with E-state index in [1.807, 2.05) is 48.1 Å². The maximum Gasteiger partial charge on any atom is 0.158 e. The Morgan fingerprint density at radius 3 is 2.68 bits per heavy atom. The molecule has 190 valence electrons. The lowest BCUT2D eigenvalue weighted by molar-refractivity contribution is -0.118. The minimum atomic E-state index is 0.0408. The third-order valence-electron chi connectivity index (χ3n) is 7.29. The fraction of sp³-hybridized carbons (Fsp3) is 0.258. The summed E-state index contributed by atoms with van der Waals surface area (Å²) in [4.78, 5) is 26.4. The number of benzene rings is 2. The molecule has 1 saturated carbocycles. The highest BCUT2D eigenvalue weighted by atomic mass is 16.5. The Morgan fingerprint density at radius 1 is 1.03 bits per heavy atom. The molecule has 3 aromatic heterocycles. The number of methoxy groups -OCH3 is 1. The lowest BCUT2D eigenvalue weighted by Crippen LogP contribution is -2.05. The number of Topliss-reactive ketones (excluding diaryl/α,β-unsaturated/α-hetero) is 1. The van der Waals surface area contributed by atoms with E-state index in [-0.39, 0.29) is 5.92 Å². The van der Waals surface area contributed by atoms with Gasteiger partial charge in [-0.15, -0.1) is 0 Å². The number of ether oxygens (including phenoxy) is 1. The molecule has 7 nitrogen and oxygen atoms in total. The Labute approximate surface area is 221 Å². The molecule has 0 saturated heterocycles. The van der Waals surface area contributed by atoms with E-state index in [4.69, 9.17) is 19.8 Å². The second-order valence-corrected chi connectivity index (χ2v) is 9.91. The predicted molar refractivity (Wildman–Crippen MR) is 146 cm³/mol. The van der Waals surface area contributed by atoms with Crippen molar-refractivity contribution in [3.63, 3.8) is 0 Å². The monoisotopic (exact) mass is 503 g/mol. The predicted octanol–water partition coefficient (Wildman–Crippen LogP) is 5.68. The average molecular weight is 504 g/mol. The van der Waals surface area contributed by atoms with Gasteiger partial charge in [-0.25, -0.2) is 14.6 Å². The normalized spacial score (nSPS) is 15.3. The molecule has 1 aliphatic rings. The molecule has 5 aromatic rings. The standard InChI is InChI=1S/C31H29N5O2/c1-20-28-15-24(16-33-31(28)36(35-20)19-21-9-11-26(38-2)12-10-21)29-18-32-17-25(34-29)14-22-5-3-6-23(13-22)27-7-4-8-30(27)37/h3,5-6,9-13,15-18,27H,4,7-8,14,19H2,1-2H3. The van der Waals surface area contributed by atoms with Crippen LogP contribution in [0.1, 0.15) is 53.3 Å². The number of fused-ring (bicyclic) bond motifs is 1. The number of carbonyl (C=O) groups excluding carboxylic acids is 1. The van der Waals surface area contributed by atoms with Gasteiger partial charge < -0.3 is 4.74 Å². The molecule has 7 heteroatoms. The lowest BCUT2D eigenvalue weighted by atomic mass is 9.94. The molecule has 1 aliphatic carbocycles. The van der Waals surface area contributed by atoms with Crippen molar-refractivity contribution in [2.45, 2.75) is 45.1 Å². The van der Waals surface area contributed by atoms with Crippen LogP contribution in [0.4, 0.5) is 0 Å². The van der Waals surface area contributed by atoms with Gasteiger partial charge in [-0.05, 0) is 54.7 Å². The zero-order chi connectivity index (χ0) is 26.1. The first kappa shape index (κ1) is 24.0. The summed E-state index contributed by atoms with van der Waals surface area (Å²) in [6, 6.07) is 18.4. The van der Waals surface area contributed by atoms with E-state index in [2.05, 4.69) is 29.2 Å². The number of ketones is 1. The van der Waals surface area contributed by atoms with Gasteiger partial charge in [0.05, 0.1) is 36.9 Å². The Balaban J connectivity index is 1.24. The third-order valence-corrected chi connectivity index (χ3v) is 7.29. The largest absolute Gasteiger partial charge is 0.497 e. The van der Waals surface area contributed by atoms with Gasteiger partial charge in [0.2, 0.25) is 0 Å². The Bertz CT molecular complexity index is 1620. The van der Waals surface area contributed by atoms with Crippen molar-refractivity contribution in [3.8, 4) is 17.0 Å². The fourth-order valence-corrected chi connectivity index (χ4v) is 5.29. The van der Waals surface area contributed by atoms with Crippen LogP contribution >= 0.6 is 0 Å². The molecule has 0 amide bonds. The number of hydrogen-bond donors (Lipinski definition) is 0. The average Bonchev–Trinajstić information content (AvgIpc) is 3.51. The van der Waals surface area contributed by atoms with E-state index >= 15 is 0 Å². The summed E-state index contributed by atoms with van der Waals surface area (Å²) in [6.07, 6.45) is 8.71. The van der Waals surface area contributed by atoms with Crippen molar-refractivity contribution in [2.24, 2.45) is 0 Å². The highest BCUT2D eigenvalue weighted by molar-refractivity contribution is 5.87. The Kier molecular flexibility index (Phi) is 6.42. The molecular formula is C31H29N5O2. The van der Waals surface area contributed by atoms with Crippen LogP contribution in [0.2, 0.25) is 0 Å². The Hall–Kier alpha value is -4.39. The molecule has 38 heavy (non-hydrogen) atoms. The second-order valence-electron chi connectivity index (χ2n) is 9.91. The summed E-state index contributed by atoms with van der Waals surface area (Å²) in [5.74, 6) is 1.23. The highest BCUT2D eigenvalue weighted by Crippen LogP contribution is 2.32. The molecule has 3 heterocycles. The first-order valence-corrected chi connectivity index (χ1v) is 13.0. The second kappa shape index (κ2) is 10.2. The number of aryl methyl sites for hydroxylation is 1. The van der Waals surface area contributed by atoms with Gasteiger partial charge in [0.1, 0.15) is 11.5 Å². The molecule has 1 fully saturated rings. The fourth-order valence-electron chi connectivity index (χ4n) is 5.29. The molecule has 2 aromatic carbocycles. The Morgan fingerprint density at radius 2 is 1.89 bits per heavy atom. The number of hydrogen-bond acceptors (Lipinski definition) is 6. The smallest absolute Gasteiger partial charge is 0.158 e. The summed E-state index contributed by atoms with van der Waals surface area (Å²) < 4.78 is 7.19. The van der Waals surface area contributed by atoms with Crippen LogP contribution in [0.3, 0.4) is 0 Å². The van der Waals surface area contributed by atoms with Crippen LogP contribution in [-0.2, 0) is 17.8 Å². The molecule has 0 bridgehead atoms. The van der Waals surface area contributed by atoms with Crippen LogP contribution in [0.15, 0.2) is 73.2 Å². The van der Waals surface area contributed by atoms with Crippen molar-refractivity contribution >= 4 is 16.8 Å². The topological polar surface area (TPSA) is 82.8 Å². The molecule has 1 atom stereocenters. The first-order chi connectivity index (χ1) is 18.6. The summed E-state index contributed by atoms with van der Waals surface area (Å²) in [5.41, 5.74) is 7.70. The van der Waals surface area contributed by atoms with Crippen LogP contribution in [0, 0.1) is 6.92 Å². The lowest BCUT2D eigenvalue weighted by Gasteiger charge is -2.10. The van der Waals surface area contributed by atoms with Crippen molar-refractivity contribution in [2.75, 3.05) is 7.11 Å². The summed E-state index contributed by atoms with van der Waals surface area (Å²) in [6.45, 7) is 2.63. The number of nitrogens with zero attached hydrogens (tertiary/aromatic N) is 5. The summed E-state index contributed by atoms with van der Waals surface area (Å²) in [7, 11) is 1.67.